The van der Waals surface area contributed by atoms with Crippen molar-refractivity contribution in [1.82, 2.24) is 0 Å². The molecular weight excluding hydrogens is 509 g/mol. The second-order valence-corrected chi connectivity index (χ2v) is 6.95. The molecular formula is C12H3F15O3S. The Bertz CT molecular complexity index is 906. The molecule has 0 fully saturated rings. The maximum atomic E-state index is 13.6. The van der Waals surface area contributed by atoms with Crippen LogP contribution in [0.25, 0.3) is 0 Å². The molecule has 0 aliphatic rings. The fourth-order valence-electron chi connectivity index (χ4n) is 2.02. The third-order valence-corrected chi connectivity index (χ3v) is 4.41. The number of halogens is 15. The van der Waals surface area contributed by atoms with E-state index in [0.717, 1.165) is 0 Å². The monoisotopic (exact) mass is 512 g/mol. The highest BCUT2D eigenvalue weighted by Gasteiger charge is 2.67. The second kappa shape index (κ2) is 7.04. The van der Waals surface area contributed by atoms with Crippen LogP contribution in [0.3, 0.4) is 0 Å². The second-order valence-electron chi connectivity index (χ2n) is 5.59. The first kappa shape index (κ1) is 27.1. The van der Waals surface area contributed by atoms with Crippen molar-refractivity contribution >= 4 is 10.1 Å². The van der Waals surface area contributed by atoms with Gasteiger partial charge < -0.3 is 0 Å². The zero-order valence-corrected chi connectivity index (χ0v) is 14.3. The van der Waals surface area contributed by atoms with Gasteiger partial charge in [0, 0.05) is 5.56 Å². The molecule has 0 aromatic heterocycles. The fraction of sp³-hybridized carbons (Fsp3) is 0.500. The lowest BCUT2D eigenvalue weighted by molar-refractivity contribution is -0.296. The Balaban J connectivity index is 4.43. The highest BCUT2D eigenvalue weighted by molar-refractivity contribution is 7.86. The maximum Gasteiger partial charge on any atom is 0.458 e. The molecule has 180 valence electrons. The Morgan fingerprint density at radius 1 is 0.548 bits per heavy atom. The predicted molar refractivity (Wildman–Crippen MR) is 66.1 cm³/mol. The van der Waals surface area contributed by atoms with E-state index in [1.807, 2.05) is 0 Å². The quantitative estimate of drug-likeness (QED) is 0.404. The zero-order valence-electron chi connectivity index (χ0n) is 13.5. The molecule has 1 aromatic carbocycles. The van der Waals surface area contributed by atoms with Gasteiger partial charge in [0.05, 0.1) is 11.1 Å². The minimum Gasteiger partial charge on any atom is -0.282 e. The van der Waals surface area contributed by atoms with E-state index in [1.54, 1.807) is 0 Å². The number of alkyl halides is 15. The highest BCUT2D eigenvalue weighted by atomic mass is 32.2. The molecule has 0 unspecified atom stereocenters. The van der Waals surface area contributed by atoms with Gasteiger partial charge in [-0.2, -0.15) is 74.3 Å². The molecule has 0 saturated heterocycles. The van der Waals surface area contributed by atoms with Crippen LogP contribution in [0.15, 0.2) is 17.0 Å². The molecule has 0 radical (unpaired) electrons. The van der Waals surface area contributed by atoms with E-state index in [9.17, 15) is 74.3 Å². The third kappa shape index (κ3) is 4.51. The number of benzene rings is 1. The minimum atomic E-state index is -7.11. The Kier molecular flexibility index (Phi) is 6.16. The normalized spacial score (nSPS) is 15.4. The van der Waals surface area contributed by atoms with E-state index in [-0.39, 0.29) is 0 Å². The van der Waals surface area contributed by atoms with Gasteiger partial charge in [-0.15, -0.1) is 0 Å². The van der Waals surface area contributed by atoms with Crippen molar-refractivity contribution < 1.29 is 78.8 Å². The lowest BCUT2D eigenvalue weighted by atomic mass is 9.94. The molecule has 1 N–H and O–H groups in total. The molecule has 0 spiro atoms. The van der Waals surface area contributed by atoms with Crippen LogP contribution in [0, 0.1) is 0 Å². The van der Waals surface area contributed by atoms with Gasteiger partial charge in [0.1, 0.15) is 4.90 Å². The van der Waals surface area contributed by atoms with Gasteiger partial charge in [0.15, 0.2) is 0 Å². The molecule has 0 amide bonds. The summed E-state index contributed by atoms with van der Waals surface area (Å²) in [4.78, 5) is -3.56. The van der Waals surface area contributed by atoms with E-state index < -0.39 is 80.1 Å². The van der Waals surface area contributed by atoms with Crippen LogP contribution in [-0.2, 0) is 27.9 Å². The molecule has 19 heteroatoms. The summed E-state index contributed by atoms with van der Waals surface area (Å²) < 4.78 is 225. The van der Waals surface area contributed by atoms with E-state index in [4.69, 9.17) is 4.55 Å². The summed E-state index contributed by atoms with van der Waals surface area (Å²) in [5, 5.41) is 0. The van der Waals surface area contributed by atoms with Crippen LogP contribution in [-0.4, -0.2) is 31.5 Å². The topological polar surface area (TPSA) is 54.4 Å². The fourth-order valence-corrected chi connectivity index (χ4v) is 2.95. The van der Waals surface area contributed by atoms with Crippen molar-refractivity contribution in [3.8, 4) is 0 Å². The van der Waals surface area contributed by atoms with Crippen LogP contribution in [0.2, 0.25) is 0 Å². The van der Waals surface area contributed by atoms with Crippen molar-refractivity contribution in [2.45, 2.75) is 41.2 Å². The smallest absolute Gasteiger partial charge is 0.282 e. The molecule has 0 saturated carbocycles. The molecule has 1 aromatic rings. The largest absolute Gasteiger partial charge is 0.458 e. The van der Waals surface area contributed by atoms with Gasteiger partial charge in [-0.05, 0) is 12.1 Å². The third-order valence-electron chi connectivity index (χ3n) is 3.45. The van der Waals surface area contributed by atoms with E-state index in [1.165, 1.54) is 0 Å². The van der Waals surface area contributed by atoms with Crippen molar-refractivity contribution in [3.63, 3.8) is 0 Å². The van der Waals surface area contributed by atoms with E-state index >= 15 is 0 Å². The van der Waals surface area contributed by atoms with Crippen LogP contribution >= 0.6 is 0 Å². The Labute approximate surface area is 160 Å². The average Bonchev–Trinajstić information content (AvgIpc) is 2.49. The summed E-state index contributed by atoms with van der Waals surface area (Å²) in [5.74, 6) is -20.4. The predicted octanol–water partition coefficient (Wildman–Crippen LogP) is 5.90. The Morgan fingerprint density at radius 2 is 0.806 bits per heavy atom. The van der Waals surface area contributed by atoms with Crippen molar-refractivity contribution in [2.75, 3.05) is 0 Å². The van der Waals surface area contributed by atoms with Gasteiger partial charge in [-0.25, -0.2) is 0 Å². The maximum absolute atomic E-state index is 13.6. The first-order valence-corrected chi connectivity index (χ1v) is 8.15. The van der Waals surface area contributed by atoms with Gasteiger partial charge in [0.25, 0.3) is 10.1 Å². The zero-order chi connectivity index (χ0) is 25.2. The Morgan fingerprint density at radius 3 is 1.00 bits per heavy atom. The standard InChI is InChI=1S/C12H3F15O3S/c13-7(14,10(19,20)21)3-1-4(8(15,16)11(22,23)24)6(31(28,29)30)5(2-3)9(17,18)12(25,26)27/h1-2H,(H,28,29,30). The van der Waals surface area contributed by atoms with E-state index in [0.29, 0.717) is 0 Å². The molecule has 1 rings (SSSR count). The summed E-state index contributed by atoms with van der Waals surface area (Å²) in [5.41, 5.74) is -10.8. The highest BCUT2D eigenvalue weighted by Crippen LogP contribution is 2.54. The number of hydrogen-bond acceptors (Lipinski definition) is 2. The van der Waals surface area contributed by atoms with Crippen LogP contribution in [0.4, 0.5) is 65.9 Å². The Hall–Kier alpha value is -1.92. The lowest BCUT2D eigenvalue weighted by Gasteiger charge is -2.29. The van der Waals surface area contributed by atoms with Gasteiger partial charge in [0.2, 0.25) is 0 Å². The SMILES string of the molecule is O=S(=O)(O)c1c(C(F)(F)C(F)(F)F)cc(C(F)(F)C(F)(F)F)cc1C(F)(F)C(F)(F)F. The molecule has 0 heterocycles. The summed E-state index contributed by atoms with van der Waals surface area (Å²) in [6.07, 6.45) is -21.1. The number of rotatable bonds is 4. The number of hydrogen-bond donors (Lipinski definition) is 1. The van der Waals surface area contributed by atoms with Gasteiger partial charge >= 0.3 is 36.3 Å². The first-order chi connectivity index (χ1) is 13.2. The van der Waals surface area contributed by atoms with Gasteiger partial charge in [-0.3, -0.25) is 4.55 Å². The summed E-state index contributed by atoms with van der Waals surface area (Å²) >= 11 is 0. The molecule has 0 bridgehead atoms. The molecule has 0 aliphatic heterocycles. The van der Waals surface area contributed by atoms with Crippen molar-refractivity contribution in [1.29, 1.82) is 0 Å². The van der Waals surface area contributed by atoms with Crippen molar-refractivity contribution in [2.24, 2.45) is 0 Å². The lowest BCUT2D eigenvalue weighted by Crippen LogP contribution is -2.41. The first-order valence-electron chi connectivity index (χ1n) is 6.71. The average molecular weight is 512 g/mol. The summed E-state index contributed by atoms with van der Waals surface area (Å²) in [6.45, 7) is 0. The molecule has 0 atom stereocenters. The minimum absolute atomic E-state index is 1.60. The molecule has 0 aliphatic carbocycles. The van der Waals surface area contributed by atoms with Crippen LogP contribution in [0.1, 0.15) is 16.7 Å². The van der Waals surface area contributed by atoms with Crippen molar-refractivity contribution in [3.05, 3.63) is 28.8 Å². The molecule has 31 heavy (non-hydrogen) atoms. The van der Waals surface area contributed by atoms with Gasteiger partial charge in [-0.1, -0.05) is 0 Å². The summed E-state index contributed by atoms with van der Waals surface area (Å²) in [7, 11) is -6.93. The van der Waals surface area contributed by atoms with Crippen LogP contribution < -0.4 is 0 Å². The summed E-state index contributed by atoms with van der Waals surface area (Å²) in [6, 6.07) is -3.19. The van der Waals surface area contributed by atoms with E-state index in [2.05, 4.69) is 0 Å². The van der Waals surface area contributed by atoms with Crippen LogP contribution in [0.5, 0.6) is 0 Å². The molecule has 3 nitrogen and oxygen atoms in total.